The van der Waals surface area contributed by atoms with E-state index in [0.717, 1.165) is 28.2 Å². The van der Waals surface area contributed by atoms with Crippen molar-refractivity contribution < 1.29 is 4.79 Å². The molecule has 5 nitrogen and oxygen atoms in total. The Morgan fingerprint density at radius 2 is 1.84 bits per heavy atom. The van der Waals surface area contributed by atoms with Crippen LogP contribution in [0.4, 0.5) is 11.4 Å². The molecule has 1 amide bonds. The van der Waals surface area contributed by atoms with Crippen LogP contribution in [-0.2, 0) is 10.5 Å². The number of carbonyl (C=O) groups is 1. The van der Waals surface area contributed by atoms with E-state index in [2.05, 4.69) is 10.4 Å². The number of nitrogens with zero attached hydrogens (tertiary/aromatic N) is 3. The van der Waals surface area contributed by atoms with Gasteiger partial charge in [0.05, 0.1) is 11.4 Å². The molecule has 1 spiro atoms. The average Bonchev–Trinajstić information content (AvgIpc) is 3.15. The van der Waals surface area contributed by atoms with Crippen LogP contribution >= 0.6 is 23.2 Å². The molecule has 1 unspecified atom stereocenters. The summed E-state index contributed by atoms with van der Waals surface area (Å²) in [5.74, 6) is -0.125. The number of nitrogens with one attached hydrogen (secondary N) is 1. The van der Waals surface area contributed by atoms with Crippen molar-refractivity contribution in [3.8, 4) is 11.3 Å². The minimum Gasteiger partial charge on any atom is -0.349 e. The number of likely N-dealkylation sites (N-methyl/N-ethyl adjacent to an activating group) is 1. The lowest BCUT2D eigenvalue weighted by Gasteiger charge is -2.37. The standard InChI is InChI=1S/C18H12Cl2N4O/c1-23-16-5-3-10(19)8-13(16)18(17(23)25)22-14-9-11(20)2-4-12(14)15-6-7-21-24(15)18/h2-9,22H,1H3. The fourth-order valence-corrected chi connectivity index (χ4v) is 4.09. The molecule has 2 aromatic carbocycles. The molecule has 0 bridgehead atoms. The molecule has 0 radical (unpaired) electrons. The molecular weight excluding hydrogens is 359 g/mol. The highest BCUT2D eigenvalue weighted by molar-refractivity contribution is 6.31. The van der Waals surface area contributed by atoms with E-state index >= 15 is 0 Å². The molecule has 0 fully saturated rings. The van der Waals surface area contributed by atoms with Crippen molar-refractivity contribution in [1.82, 2.24) is 9.78 Å². The summed E-state index contributed by atoms with van der Waals surface area (Å²) in [6.07, 6.45) is 1.69. The largest absolute Gasteiger partial charge is 0.349 e. The van der Waals surface area contributed by atoms with E-state index < -0.39 is 5.66 Å². The highest BCUT2D eigenvalue weighted by atomic mass is 35.5. The molecule has 7 heteroatoms. The number of anilines is 2. The number of aromatic nitrogens is 2. The lowest BCUT2D eigenvalue weighted by atomic mass is 9.95. The Morgan fingerprint density at radius 3 is 2.68 bits per heavy atom. The van der Waals surface area contributed by atoms with Crippen molar-refractivity contribution in [3.05, 3.63) is 64.3 Å². The molecule has 25 heavy (non-hydrogen) atoms. The van der Waals surface area contributed by atoms with Crippen LogP contribution in [0.25, 0.3) is 11.3 Å². The molecule has 5 rings (SSSR count). The first kappa shape index (κ1) is 14.8. The van der Waals surface area contributed by atoms with Gasteiger partial charge in [-0.2, -0.15) is 5.10 Å². The third-order valence-electron chi connectivity index (χ3n) is 4.86. The Labute approximate surface area is 153 Å². The van der Waals surface area contributed by atoms with E-state index in [9.17, 15) is 4.79 Å². The second kappa shape index (κ2) is 4.77. The van der Waals surface area contributed by atoms with Gasteiger partial charge < -0.3 is 10.2 Å². The Kier molecular flexibility index (Phi) is 2.83. The molecule has 1 N–H and O–H groups in total. The van der Waals surface area contributed by atoms with Crippen molar-refractivity contribution in [3.63, 3.8) is 0 Å². The third kappa shape index (κ3) is 1.74. The van der Waals surface area contributed by atoms with Gasteiger partial charge in [0.15, 0.2) is 0 Å². The van der Waals surface area contributed by atoms with Gasteiger partial charge in [-0.15, -0.1) is 0 Å². The minimum atomic E-state index is -1.18. The van der Waals surface area contributed by atoms with Gasteiger partial charge in [-0.3, -0.25) is 4.79 Å². The van der Waals surface area contributed by atoms with Gasteiger partial charge in [0.2, 0.25) is 5.66 Å². The van der Waals surface area contributed by atoms with E-state index in [1.165, 1.54) is 0 Å². The first-order valence-corrected chi connectivity index (χ1v) is 8.49. The van der Waals surface area contributed by atoms with Crippen LogP contribution in [0.15, 0.2) is 48.7 Å². The van der Waals surface area contributed by atoms with Crippen LogP contribution in [0.1, 0.15) is 5.56 Å². The van der Waals surface area contributed by atoms with Crippen LogP contribution in [0.5, 0.6) is 0 Å². The van der Waals surface area contributed by atoms with Gasteiger partial charge in [0, 0.05) is 40.1 Å². The SMILES string of the molecule is CN1C(=O)C2(Nc3cc(Cl)ccc3-c3ccnn32)c2cc(Cl)ccc21. The number of carbonyl (C=O) groups excluding carboxylic acids is 1. The van der Waals surface area contributed by atoms with Gasteiger partial charge in [0.25, 0.3) is 5.91 Å². The summed E-state index contributed by atoms with van der Waals surface area (Å²) in [5, 5.41) is 9.00. The highest BCUT2D eigenvalue weighted by Gasteiger charge is 2.55. The summed E-state index contributed by atoms with van der Waals surface area (Å²) in [6, 6.07) is 12.9. The predicted molar refractivity (Wildman–Crippen MR) is 98.2 cm³/mol. The van der Waals surface area contributed by atoms with Crippen LogP contribution < -0.4 is 10.2 Å². The number of fused-ring (bicyclic) bond motifs is 6. The summed E-state index contributed by atoms with van der Waals surface area (Å²) >= 11 is 12.4. The molecule has 3 heterocycles. The molecule has 0 aliphatic carbocycles. The predicted octanol–water partition coefficient (Wildman–Crippen LogP) is 3.96. The maximum absolute atomic E-state index is 13.3. The zero-order valence-corrected chi connectivity index (χ0v) is 14.6. The van der Waals surface area contributed by atoms with Crippen molar-refractivity contribution in [2.75, 3.05) is 17.3 Å². The number of halogens is 2. The fraction of sp³-hybridized carbons (Fsp3) is 0.111. The Balaban J connectivity index is 1.87. The number of amides is 1. The zero-order chi connectivity index (χ0) is 17.3. The Hall–Kier alpha value is -2.50. The maximum atomic E-state index is 13.3. The van der Waals surface area contributed by atoms with E-state index in [1.54, 1.807) is 28.9 Å². The first-order chi connectivity index (χ1) is 12.0. The minimum absolute atomic E-state index is 0.125. The second-order valence-corrected chi connectivity index (χ2v) is 7.05. The topological polar surface area (TPSA) is 50.2 Å². The van der Waals surface area contributed by atoms with Gasteiger partial charge >= 0.3 is 0 Å². The molecule has 0 saturated carbocycles. The van der Waals surface area contributed by atoms with Gasteiger partial charge in [0.1, 0.15) is 0 Å². The first-order valence-electron chi connectivity index (χ1n) is 7.73. The summed E-state index contributed by atoms with van der Waals surface area (Å²) in [7, 11) is 1.75. The average molecular weight is 371 g/mol. The fourth-order valence-electron chi connectivity index (χ4n) is 3.75. The molecule has 124 valence electrons. The van der Waals surface area contributed by atoms with E-state index in [-0.39, 0.29) is 5.91 Å². The summed E-state index contributed by atoms with van der Waals surface area (Å²) in [5.41, 5.74) is 2.97. The molecule has 0 saturated heterocycles. The monoisotopic (exact) mass is 370 g/mol. The maximum Gasteiger partial charge on any atom is 0.280 e. The smallest absolute Gasteiger partial charge is 0.280 e. The van der Waals surface area contributed by atoms with Crippen molar-refractivity contribution in [1.29, 1.82) is 0 Å². The molecule has 2 aliphatic heterocycles. The number of hydrogen-bond donors (Lipinski definition) is 1. The van der Waals surface area contributed by atoms with Crippen LogP contribution in [0.3, 0.4) is 0 Å². The van der Waals surface area contributed by atoms with Crippen LogP contribution in [0, 0.1) is 0 Å². The molecular formula is C18H12Cl2N4O. The van der Waals surface area contributed by atoms with Crippen LogP contribution in [-0.4, -0.2) is 22.7 Å². The lowest BCUT2D eigenvalue weighted by Crippen LogP contribution is -2.53. The molecule has 3 aromatic rings. The lowest BCUT2D eigenvalue weighted by molar-refractivity contribution is -0.123. The summed E-state index contributed by atoms with van der Waals surface area (Å²) < 4.78 is 1.73. The van der Waals surface area contributed by atoms with E-state index in [0.29, 0.717) is 10.0 Å². The number of rotatable bonds is 0. The van der Waals surface area contributed by atoms with E-state index in [1.807, 2.05) is 36.4 Å². The van der Waals surface area contributed by atoms with E-state index in [4.69, 9.17) is 23.2 Å². The van der Waals surface area contributed by atoms with Gasteiger partial charge in [-0.05, 0) is 42.5 Å². The Bertz CT molecular complexity index is 1060. The molecule has 1 atom stereocenters. The van der Waals surface area contributed by atoms with Crippen molar-refractivity contribution >= 4 is 40.5 Å². The summed E-state index contributed by atoms with van der Waals surface area (Å²) in [6.45, 7) is 0. The van der Waals surface area contributed by atoms with Crippen molar-refractivity contribution in [2.45, 2.75) is 5.66 Å². The van der Waals surface area contributed by atoms with Crippen LogP contribution in [0.2, 0.25) is 10.0 Å². The zero-order valence-electron chi connectivity index (χ0n) is 13.1. The summed E-state index contributed by atoms with van der Waals surface area (Å²) in [4.78, 5) is 15.0. The Morgan fingerprint density at radius 1 is 1.08 bits per heavy atom. The second-order valence-electron chi connectivity index (χ2n) is 6.18. The highest BCUT2D eigenvalue weighted by Crippen LogP contribution is 2.49. The molecule has 2 aliphatic rings. The van der Waals surface area contributed by atoms with Gasteiger partial charge in [-0.1, -0.05) is 23.2 Å². The van der Waals surface area contributed by atoms with Gasteiger partial charge in [-0.25, -0.2) is 4.68 Å². The number of benzene rings is 2. The third-order valence-corrected chi connectivity index (χ3v) is 5.33. The van der Waals surface area contributed by atoms with Crippen molar-refractivity contribution in [2.24, 2.45) is 0 Å². The quantitative estimate of drug-likeness (QED) is 0.651. The molecule has 1 aromatic heterocycles. The number of hydrogen-bond acceptors (Lipinski definition) is 3. The normalized spacial score (nSPS) is 20.3.